The molecule has 0 aliphatic heterocycles. The summed E-state index contributed by atoms with van der Waals surface area (Å²) in [6.07, 6.45) is 0.945. The minimum Gasteiger partial charge on any atom is -0.226 e. The van der Waals surface area contributed by atoms with Crippen LogP contribution in [0.3, 0.4) is 0 Å². The van der Waals surface area contributed by atoms with Gasteiger partial charge in [0.25, 0.3) is 0 Å². The number of para-hydroxylation sites is 1. The van der Waals surface area contributed by atoms with Crippen LogP contribution in [-0.2, 0) is 6.42 Å². The topological polar surface area (TPSA) is 25.8 Å². The first-order chi connectivity index (χ1) is 9.20. The van der Waals surface area contributed by atoms with Crippen molar-refractivity contribution in [3.8, 4) is 10.7 Å². The Morgan fingerprint density at radius 2 is 2.00 bits per heavy atom. The number of aromatic nitrogens is 2. The highest BCUT2D eigenvalue weighted by atomic mass is 35.5. The highest BCUT2D eigenvalue weighted by Crippen LogP contribution is 2.32. The van der Waals surface area contributed by atoms with Gasteiger partial charge < -0.3 is 0 Å². The Labute approximate surface area is 125 Å². The van der Waals surface area contributed by atoms with E-state index in [0.717, 1.165) is 16.7 Å². The van der Waals surface area contributed by atoms with E-state index in [9.17, 15) is 0 Å². The van der Waals surface area contributed by atoms with E-state index in [1.165, 1.54) is 5.56 Å². The molecular formula is C14H10Cl2N2S. The molecule has 0 saturated heterocycles. The normalized spacial score (nSPS) is 11.1. The summed E-state index contributed by atoms with van der Waals surface area (Å²) in [5.74, 6) is 0.650. The maximum Gasteiger partial charge on any atom is 0.171 e. The first kappa shape index (κ1) is 12.9. The van der Waals surface area contributed by atoms with Crippen molar-refractivity contribution in [1.29, 1.82) is 0 Å². The molecule has 0 amide bonds. The molecule has 0 bridgehead atoms. The monoisotopic (exact) mass is 308 g/mol. The number of hydrogen-bond donors (Lipinski definition) is 0. The number of hydrogen-bond acceptors (Lipinski definition) is 3. The van der Waals surface area contributed by atoms with Crippen molar-refractivity contribution in [2.24, 2.45) is 0 Å². The zero-order valence-electron chi connectivity index (χ0n) is 10.2. The standard InChI is InChI=1S/C14H10Cl2N2S/c1-2-8-6-7-19-12(8)14-17-11-9(13(16)18-14)4-3-5-10(11)15/h3-7H,2H2,1H3. The summed E-state index contributed by atoms with van der Waals surface area (Å²) in [5.41, 5.74) is 1.93. The van der Waals surface area contributed by atoms with Crippen LogP contribution >= 0.6 is 34.5 Å². The van der Waals surface area contributed by atoms with Gasteiger partial charge in [-0.2, -0.15) is 0 Å². The van der Waals surface area contributed by atoms with Crippen LogP contribution in [-0.4, -0.2) is 9.97 Å². The second-order valence-corrected chi connectivity index (χ2v) is 5.78. The maximum atomic E-state index is 6.24. The van der Waals surface area contributed by atoms with Crippen molar-refractivity contribution in [2.45, 2.75) is 13.3 Å². The van der Waals surface area contributed by atoms with E-state index in [4.69, 9.17) is 23.2 Å². The van der Waals surface area contributed by atoms with E-state index < -0.39 is 0 Å². The molecule has 0 fully saturated rings. The molecule has 2 heterocycles. The molecule has 0 saturated carbocycles. The summed E-state index contributed by atoms with van der Waals surface area (Å²) >= 11 is 14.1. The van der Waals surface area contributed by atoms with E-state index in [1.54, 1.807) is 11.3 Å². The van der Waals surface area contributed by atoms with Gasteiger partial charge in [-0.3, -0.25) is 0 Å². The third-order valence-corrected chi connectivity index (χ3v) is 4.51. The van der Waals surface area contributed by atoms with E-state index >= 15 is 0 Å². The summed E-state index contributed by atoms with van der Waals surface area (Å²) in [4.78, 5) is 10.0. The van der Waals surface area contributed by atoms with Gasteiger partial charge in [0.05, 0.1) is 15.4 Å². The fourth-order valence-corrected chi connectivity index (χ4v) is 3.37. The summed E-state index contributed by atoms with van der Waals surface area (Å²) in [6.45, 7) is 2.11. The van der Waals surface area contributed by atoms with Crippen LogP contribution < -0.4 is 0 Å². The Morgan fingerprint density at radius 3 is 2.79 bits per heavy atom. The van der Waals surface area contributed by atoms with Crippen molar-refractivity contribution >= 4 is 45.4 Å². The lowest BCUT2D eigenvalue weighted by Gasteiger charge is -2.05. The largest absolute Gasteiger partial charge is 0.226 e. The fraction of sp³-hybridized carbons (Fsp3) is 0.143. The van der Waals surface area contributed by atoms with Crippen molar-refractivity contribution in [3.63, 3.8) is 0 Å². The Balaban J connectivity index is 2.29. The van der Waals surface area contributed by atoms with Gasteiger partial charge in [0, 0.05) is 5.39 Å². The molecular weight excluding hydrogens is 299 g/mol. The summed E-state index contributed by atoms with van der Waals surface area (Å²) in [7, 11) is 0. The van der Waals surface area contributed by atoms with Crippen LogP contribution in [0.1, 0.15) is 12.5 Å². The molecule has 0 aliphatic carbocycles. The van der Waals surface area contributed by atoms with Gasteiger partial charge in [-0.25, -0.2) is 9.97 Å². The minimum atomic E-state index is 0.443. The Morgan fingerprint density at radius 1 is 1.16 bits per heavy atom. The third kappa shape index (κ3) is 2.22. The van der Waals surface area contributed by atoms with Crippen molar-refractivity contribution in [1.82, 2.24) is 9.97 Å². The molecule has 0 aliphatic rings. The third-order valence-electron chi connectivity index (χ3n) is 2.96. The molecule has 2 aromatic heterocycles. The highest BCUT2D eigenvalue weighted by Gasteiger charge is 2.13. The number of benzene rings is 1. The first-order valence-corrected chi connectivity index (χ1v) is 7.52. The summed E-state index contributed by atoms with van der Waals surface area (Å²) in [6, 6.07) is 7.63. The maximum absolute atomic E-state index is 6.24. The van der Waals surface area contributed by atoms with Crippen LogP contribution in [0.25, 0.3) is 21.6 Å². The lowest BCUT2D eigenvalue weighted by Crippen LogP contribution is -1.93. The lowest BCUT2D eigenvalue weighted by atomic mass is 10.2. The molecule has 0 radical (unpaired) electrons. The van der Waals surface area contributed by atoms with Gasteiger partial charge in [0.15, 0.2) is 5.82 Å². The fourth-order valence-electron chi connectivity index (χ4n) is 1.99. The van der Waals surface area contributed by atoms with Gasteiger partial charge in [-0.05, 0) is 35.6 Å². The van der Waals surface area contributed by atoms with Gasteiger partial charge in [-0.15, -0.1) is 11.3 Å². The Kier molecular flexibility index (Phi) is 3.44. The number of rotatable bonds is 2. The van der Waals surface area contributed by atoms with Crippen LogP contribution in [0.5, 0.6) is 0 Å². The van der Waals surface area contributed by atoms with Gasteiger partial charge in [-0.1, -0.05) is 36.2 Å². The van der Waals surface area contributed by atoms with Crippen molar-refractivity contribution in [3.05, 3.63) is 45.4 Å². The highest BCUT2D eigenvalue weighted by molar-refractivity contribution is 7.13. The van der Waals surface area contributed by atoms with E-state index in [1.807, 2.05) is 23.6 Å². The van der Waals surface area contributed by atoms with Gasteiger partial charge in [0.1, 0.15) is 5.15 Å². The first-order valence-electron chi connectivity index (χ1n) is 5.89. The number of thiophene rings is 1. The molecule has 0 atom stereocenters. The molecule has 1 aromatic carbocycles. The average molecular weight is 309 g/mol. The second kappa shape index (κ2) is 5.08. The summed E-state index contributed by atoms with van der Waals surface area (Å²) in [5, 5.41) is 3.87. The molecule has 3 rings (SSSR count). The van der Waals surface area contributed by atoms with E-state index in [2.05, 4.69) is 23.0 Å². The molecule has 0 N–H and O–H groups in total. The summed E-state index contributed by atoms with van der Waals surface area (Å²) < 4.78 is 0. The van der Waals surface area contributed by atoms with Gasteiger partial charge >= 0.3 is 0 Å². The predicted molar refractivity (Wildman–Crippen MR) is 82.2 cm³/mol. The molecule has 19 heavy (non-hydrogen) atoms. The molecule has 96 valence electrons. The van der Waals surface area contributed by atoms with Crippen molar-refractivity contribution in [2.75, 3.05) is 0 Å². The quantitative estimate of drug-likeness (QED) is 0.606. The molecule has 5 heteroatoms. The van der Waals surface area contributed by atoms with Crippen molar-refractivity contribution < 1.29 is 0 Å². The smallest absolute Gasteiger partial charge is 0.171 e. The number of nitrogens with zero attached hydrogens (tertiary/aromatic N) is 2. The molecule has 2 nitrogen and oxygen atoms in total. The minimum absolute atomic E-state index is 0.443. The van der Waals surface area contributed by atoms with E-state index in [-0.39, 0.29) is 0 Å². The SMILES string of the molecule is CCc1ccsc1-c1nc(Cl)c2cccc(Cl)c2n1. The van der Waals surface area contributed by atoms with E-state index in [0.29, 0.717) is 21.5 Å². The number of aryl methyl sites for hydroxylation is 1. The molecule has 3 aromatic rings. The zero-order chi connectivity index (χ0) is 13.4. The Bertz CT molecular complexity index is 752. The number of fused-ring (bicyclic) bond motifs is 1. The zero-order valence-corrected chi connectivity index (χ0v) is 12.5. The van der Waals surface area contributed by atoms with Crippen LogP contribution in [0.2, 0.25) is 10.2 Å². The van der Waals surface area contributed by atoms with Gasteiger partial charge in [0.2, 0.25) is 0 Å². The lowest BCUT2D eigenvalue weighted by molar-refractivity contribution is 1.14. The van der Waals surface area contributed by atoms with Crippen LogP contribution in [0.15, 0.2) is 29.6 Å². The average Bonchev–Trinajstić information content (AvgIpc) is 2.88. The second-order valence-electron chi connectivity index (χ2n) is 4.10. The van der Waals surface area contributed by atoms with Crippen LogP contribution in [0.4, 0.5) is 0 Å². The predicted octanol–water partition coefficient (Wildman–Crippen LogP) is 5.23. The number of halogens is 2. The Hall–Kier alpha value is -1.16. The van der Waals surface area contributed by atoms with Crippen LogP contribution in [0, 0.1) is 0 Å². The molecule has 0 spiro atoms. The molecule has 0 unspecified atom stereocenters.